The molecule has 0 aliphatic heterocycles. The van der Waals surface area contributed by atoms with Crippen LogP contribution in [0.1, 0.15) is 17.6 Å². The molecule has 0 atom stereocenters. The van der Waals surface area contributed by atoms with Gasteiger partial charge in [-0.1, -0.05) is 12.0 Å². The van der Waals surface area contributed by atoms with Crippen LogP contribution in [0.2, 0.25) is 0 Å². The van der Waals surface area contributed by atoms with Crippen molar-refractivity contribution >= 4 is 17.4 Å². The van der Waals surface area contributed by atoms with Crippen LogP contribution in [0.25, 0.3) is 10.8 Å². The van der Waals surface area contributed by atoms with E-state index in [0.717, 1.165) is 22.0 Å². The van der Waals surface area contributed by atoms with Gasteiger partial charge in [0.05, 0.1) is 10.7 Å². The standard InChI is InChI=1S/C8H10N4OS/c1-3-5-6(14-4(2)10-5)7-11-12-8(9)13-7/h3H2,1-2H3,(H2,9,12). The van der Waals surface area contributed by atoms with E-state index >= 15 is 0 Å². The molecule has 2 N–H and O–H groups in total. The summed E-state index contributed by atoms with van der Waals surface area (Å²) in [6.07, 6.45) is 0.849. The molecule has 5 nitrogen and oxygen atoms in total. The fraction of sp³-hybridized carbons (Fsp3) is 0.375. The molecule has 2 rings (SSSR count). The maximum atomic E-state index is 5.36. The highest BCUT2D eigenvalue weighted by molar-refractivity contribution is 7.15. The zero-order valence-corrected chi connectivity index (χ0v) is 8.76. The van der Waals surface area contributed by atoms with Gasteiger partial charge < -0.3 is 10.2 Å². The molecule has 0 spiro atoms. The van der Waals surface area contributed by atoms with Crippen molar-refractivity contribution in [1.29, 1.82) is 0 Å². The second-order valence-corrected chi connectivity index (χ2v) is 4.01. The van der Waals surface area contributed by atoms with Gasteiger partial charge in [-0.2, -0.15) is 0 Å². The van der Waals surface area contributed by atoms with Gasteiger partial charge >= 0.3 is 6.01 Å². The largest absolute Gasteiger partial charge is 0.403 e. The topological polar surface area (TPSA) is 77.8 Å². The summed E-state index contributed by atoms with van der Waals surface area (Å²) in [5.74, 6) is 0.463. The zero-order valence-electron chi connectivity index (χ0n) is 7.94. The Kier molecular flexibility index (Phi) is 2.20. The zero-order chi connectivity index (χ0) is 10.1. The van der Waals surface area contributed by atoms with E-state index in [-0.39, 0.29) is 6.01 Å². The van der Waals surface area contributed by atoms with Crippen LogP contribution in [0.5, 0.6) is 0 Å². The molecule has 2 aromatic heterocycles. The Balaban J connectivity index is 2.49. The monoisotopic (exact) mass is 210 g/mol. The first-order valence-electron chi connectivity index (χ1n) is 4.26. The highest BCUT2D eigenvalue weighted by Gasteiger charge is 2.15. The second kappa shape index (κ2) is 3.38. The molecule has 0 saturated heterocycles. The van der Waals surface area contributed by atoms with Gasteiger partial charge in [-0.3, -0.25) is 0 Å². The van der Waals surface area contributed by atoms with Gasteiger partial charge in [0, 0.05) is 0 Å². The van der Waals surface area contributed by atoms with E-state index in [2.05, 4.69) is 15.2 Å². The molecule has 0 aromatic carbocycles. The lowest BCUT2D eigenvalue weighted by molar-refractivity contribution is 0.591. The molecule has 0 aliphatic rings. The molecule has 0 saturated carbocycles. The van der Waals surface area contributed by atoms with E-state index in [1.807, 2.05) is 13.8 Å². The van der Waals surface area contributed by atoms with Crippen LogP contribution in [0, 0.1) is 6.92 Å². The van der Waals surface area contributed by atoms with Gasteiger partial charge in [0.2, 0.25) is 0 Å². The third-order valence-corrected chi connectivity index (χ3v) is 2.78. The van der Waals surface area contributed by atoms with Gasteiger partial charge in [-0.25, -0.2) is 4.98 Å². The number of nitrogen functional groups attached to an aromatic ring is 1. The van der Waals surface area contributed by atoms with Gasteiger partial charge in [-0.15, -0.1) is 16.4 Å². The van der Waals surface area contributed by atoms with E-state index < -0.39 is 0 Å². The quantitative estimate of drug-likeness (QED) is 0.815. The number of aryl methyl sites for hydroxylation is 2. The van der Waals surface area contributed by atoms with Crippen LogP contribution in [0.15, 0.2) is 4.42 Å². The van der Waals surface area contributed by atoms with Gasteiger partial charge in [0.25, 0.3) is 5.89 Å². The fourth-order valence-electron chi connectivity index (χ4n) is 1.20. The third-order valence-electron chi connectivity index (χ3n) is 1.77. The maximum Gasteiger partial charge on any atom is 0.313 e. The van der Waals surface area contributed by atoms with Crippen molar-refractivity contribution in [2.75, 3.05) is 5.73 Å². The number of rotatable bonds is 2. The molecule has 0 fully saturated rings. The lowest BCUT2D eigenvalue weighted by atomic mass is 10.3. The van der Waals surface area contributed by atoms with Crippen LogP contribution in [-0.4, -0.2) is 15.2 Å². The maximum absolute atomic E-state index is 5.36. The molecule has 0 bridgehead atoms. The van der Waals surface area contributed by atoms with E-state index in [0.29, 0.717) is 5.89 Å². The normalized spacial score (nSPS) is 10.7. The van der Waals surface area contributed by atoms with E-state index in [1.54, 1.807) is 11.3 Å². The van der Waals surface area contributed by atoms with Crippen LogP contribution in [0.3, 0.4) is 0 Å². The number of hydrogen-bond donors (Lipinski definition) is 1. The first kappa shape index (κ1) is 9.14. The van der Waals surface area contributed by atoms with Crippen LogP contribution < -0.4 is 5.73 Å². The van der Waals surface area contributed by atoms with E-state index in [1.165, 1.54) is 0 Å². The van der Waals surface area contributed by atoms with E-state index in [4.69, 9.17) is 10.2 Å². The summed E-state index contributed by atoms with van der Waals surface area (Å²) < 4.78 is 5.15. The molecule has 74 valence electrons. The average Bonchev–Trinajstić information content (AvgIpc) is 2.71. The Bertz CT molecular complexity index is 448. The van der Waals surface area contributed by atoms with Crippen molar-refractivity contribution in [3.63, 3.8) is 0 Å². The summed E-state index contributed by atoms with van der Waals surface area (Å²) in [4.78, 5) is 5.29. The fourth-order valence-corrected chi connectivity index (χ4v) is 2.13. The summed E-state index contributed by atoms with van der Waals surface area (Å²) >= 11 is 1.54. The highest BCUT2D eigenvalue weighted by Crippen LogP contribution is 2.29. The van der Waals surface area contributed by atoms with Crippen LogP contribution in [-0.2, 0) is 6.42 Å². The summed E-state index contributed by atoms with van der Waals surface area (Å²) in [5, 5.41) is 8.45. The minimum Gasteiger partial charge on any atom is -0.403 e. The van der Waals surface area contributed by atoms with Crippen molar-refractivity contribution in [3.05, 3.63) is 10.7 Å². The highest BCUT2D eigenvalue weighted by atomic mass is 32.1. The number of nitrogens with two attached hydrogens (primary N) is 1. The lowest BCUT2D eigenvalue weighted by Crippen LogP contribution is -1.84. The summed E-state index contributed by atoms with van der Waals surface area (Å²) in [7, 11) is 0. The molecular formula is C8H10N4OS. The van der Waals surface area contributed by atoms with Crippen molar-refractivity contribution in [2.24, 2.45) is 0 Å². The smallest absolute Gasteiger partial charge is 0.313 e. The minimum atomic E-state index is 0.0908. The van der Waals surface area contributed by atoms with Gasteiger partial charge in [-0.05, 0) is 13.3 Å². The molecule has 2 aromatic rings. The Morgan fingerprint density at radius 3 is 2.79 bits per heavy atom. The second-order valence-electron chi connectivity index (χ2n) is 2.81. The number of nitrogens with zero attached hydrogens (tertiary/aromatic N) is 3. The molecular weight excluding hydrogens is 200 g/mol. The average molecular weight is 210 g/mol. The molecule has 0 amide bonds. The van der Waals surface area contributed by atoms with Gasteiger partial charge in [0.1, 0.15) is 4.88 Å². The van der Waals surface area contributed by atoms with Crippen molar-refractivity contribution in [3.8, 4) is 10.8 Å². The molecule has 0 radical (unpaired) electrons. The number of hydrogen-bond acceptors (Lipinski definition) is 6. The first-order chi connectivity index (χ1) is 6.70. The summed E-state index contributed by atoms with van der Waals surface area (Å²) in [5.41, 5.74) is 6.34. The third kappa shape index (κ3) is 1.48. The number of thiazole rings is 1. The van der Waals surface area contributed by atoms with Crippen molar-refractivity contribution < 1.29 is 4.42 Å². The predicted octanol–water partition coefficient (Wildman–Crippen LogP) is 1.65. The number of aromatic nitrogens is 3. The Labute approximate surface area is 85.0 Å². The van der Waals surface area contributed by atoms with Crippen molar-refractivity contribution in [2.45, 2.75) is 20.3 Å². The van der Waals surface area contributed by atoms with Crippen molar-refractivity contribution in [1.82, 2.24) is 15.2 Å². The summed E-state index contributed by atoms with van der Waals surface area (Å²) in [6.45, 7) is 3.99. The molecule has 14 heavy (non-hydrogen) atoms. The Morgan fingerprint density at radius 2 is 2.21 bits per heavy atom. The van der Waals surface area contributed by atoms with Crippen LogP contribution >= 0.6 is 11.3 Å². The predicted molar refractivity (Wildman–Crippen MR) is 53.9 cm³/mol. The Hall–Kier alpha value is -1.43. The van der Waals surface area contributed by atoms with Gasteiger partial charge in [0.15, 0.2) is 0 Å². The minimum absolute atomic E-state index is 0.0908. The molecule has 6 heteroatoms. The first-order valence-corrected chi connectivity index (χ1v) is 5.08. The molecule has 0 aliphatic carbocycles. The summed E-state index contributed by atoms with van der Waals surface area (Å²) in [6, 6.07) is 0.0908. The lowest BCUT2D eigenvalue weighted by Gasteiger charge is -1.91. The number of anilines is 1. The Morgan fingerprint density at radius 1 is 1.43 bits per heavy atom. The van der Waals surface area contributed by atoms with Crippen LogP contribution in [0.4, 0.5) is 6.01 Å². The van der Waals surface area contributed by atoms with E-state index in [9.17, 15) is 0 Å². The SMILES string of the molecule is CCc1nc(C)sc1-c1nnc(N)o1. The molecule has 2 heterocycles. The molecule has 0 unspecified atom stereocenters.